The van der Waals surface area contributed by atoms with Crippen LogP contribution in [-0.2, 0) is 6.42 Å². The fraction of sp³-hybridized carbons (Fsp3) is 0.130. The van der Waals surface area contributed by atoms with E-state index in [1.807, 2.05) is 6.07 Å². The maximum Gasteiger partial charge on any atom is -0.0184 e. The Labute approximate surface area is 139 Å². The van der Waals surface area contributed by atoms with Gasteiger partial charge in [-0.1, -0.05) is 91.5 Å². The summed E-state index contributed by atoms with van der Waals surface area (Å²) in [5, 5.41) is 0. The Kier molecular flexibility index (Phi) is 5.06. The van der Waals surface area contributed by atoms with Crippen molar-refractivity contribution in [1.82, 2.24) is 0 Å². The van der Waals surface area contributed by atoms with Gasteiger partial charge in [0.05, 0.1) is 0 Å². The van der Waals surface area contributed by atoms with Crippen LogP contribution >= 0.6 is 0 Å². The van der Waals surface area contributed by atoms with Gasteiger partial charge in [0.1, 0.15) is 0 Å². The van der Waals surface area contributed by atoms with Crippen molar-refractivity contribution in [3.8, 4) is 11.1 Å². The third-order valence-electron chi connectivity index (χ3n) is 4.19. The zero-order valence-corrected chi connectivity index (χ0v) is 13.4. The summed E-state index contributed by atoms with van der Waals surface area (Å²) >= 11 is 0. The number of hydrogen-bond acceptors (Lipinski definition) is 0. The van der Waals surface area contributed by atoms with Crippen LogP contribution in [0.2, 0.25) is 0 Å². The van der Waals surface area contributed by atoms with E-state index in [0.29, 0.717) is 0 Å². The van der Waals surface area contributed by atoms with Crippen molar-refractivity contribution in [1.29, 1.82) is 0 Å². The van der Waals surface area contributed by atoms with Gasteiger partial charge in [-0.3, -0.25) is 0 Å². The van der Waals surface area contributed by atoms with E-state index in [2.05, 4.69) is 85.4 Å². The second-order valence-corrected chi connectivity index (χ2v) is 5.89. The maximum atomic E-state index is 4.26. The lowest BCUT2D eigenvalue weighted by Gasteiger charge is -2.08. The quantitative estimate of drug-likeness (QED) is 0.494. The molecule has 0 N–H and O–H groups in total. The SMILES string of the molecule is C=C(CCCc1ccccc1)c1ccc(-c2ccccc2)cc1. The number of aryl methyl sites for hydroxylation is 1. The van der Waals surface area contributed by atoms with Gasteiger partial charge in [0.2, 0.25) is 0 Å². The molecule has 0 radical (unpaired) electrons. The third-order valence-corrected chi connectivity index (χ3v) is 4.19. The van der Waals surface area contributed by atoms with E-state index in [-0.39, 0.29) is 0 Å². The zero-order chi connectivity index (χ0) is 15.9. The predicted molar refractivity (Wildman–Crippen MR) is 100 cm³/mol. The fourth-order valence-electron chi connectivity index (χ4n) is 2.82. The average Bonchev–Trinajstić information content (AvgIpc) is 2.63. The highest BCUT2D eigenvalue weighted by Gasteiger charge is 2.02. The van der Waals surface area contributed by atoms with Crippen LogP contribution in [0.1, 0.15) is 24.0 Å². The van der Waals surface area contributed by atoms with Crippen LogP contribution in [0.25, 0.3) is 16.7 Å². The Morgan fingerprint density at radius 1 is 0.652 bits per heavy atom. The van der Waals surface area contributed by atoms with Gasteiger partial charge < -0.3 is 0 Å². The van der Waals surface area contributed by atoms with E-state index in [9.17, 15) is 0 Å². The molecule has 0 spiro atoms. The second kappa shape index (κ2) is 7.60. The summed E-state index contributed by atoms with van der Waals surface area (Å²) in [5.74, 6) is 0. The topological polar surface area (TPSA) is 0 Å². The lowest BCUT2D eigenvalue weighted by atomic mass is 9.97. The molecule has 3 aromatic rings. The van der Waals surface area contributed by atoms with Crippen molar-refractivity contribution in [2.45, 2.75) is 19.3 Å². The fourth-order valence-corrected chi connectivity index (χ4v) is 2.82. The van der Waals surface area contributed by atoms with Gasteiger partial charge in [0.25, 0.3) is 0 Å². The van der Waals surface area contributed by atoms with E-state index in [1.54, 1.807) is 0 Å². The number of hydrogen-bond donors (Lipinski definition) is 0. The Hall–Kier alpha value is -2.60. The van der Waals surface area contributed by atoms with Crippen LogP contribution in [0, 0.1) is 0 Å². The minimum atomic E-state index is 1.04. The lowest BCUT2D eigenvalue weighted by Crippen LogP contribution is -1.88. The van der Waals surface area contributed by atoms with Gasteiger partial charge in [-0.2, -0.15) is 0 Å². The molecule has 0 saturated heterocycles. The highest BCUT2D eigenvalue weighted by Crippen LogP contribution is 2.24. The van der Waals surface area contributed by atoms with E-state index in [0.717, 1.165) is 19.3 Å². The van der Waals surface area contributed by atoms with Crippen molar-refractivity contribution < 1.29 is 0 Å². The van der Waals surface area contributed by atoms with Gasteiger partial charge in [0, 0.05) is 0 Å². The van der Waals surface area contributed by atoms with Crippen LogP contribution in [-0.4, -0.2) is 0 Å². The van der Waals surface area contributed by atoms with Gasteiger partial charge in [-0.25, -0.2) is 0 Å². The molecule has 0 unspecified atom stereocenters. The summed E-state index contributed by atoms with van der Waals surface area (Å²) in [6, 6.07) is 29.9. The molecule has 0 atom stereocenters. The molecule has 23 heavy (non-hydrogen) atoms. The van der Waals surface area contributed by atoms with Crippen molar-refractivity contribution in [3.63, 3.8) is 0 Å². The van der Waals surface area contributed by atoms with Crippen molar-refractivity contribution in [3.05, 3.63) is 103 Å². The average molecular weight is 298 g/mol. The highest BCUT2D eigenvalue weighted by atomic mass is 14.1. The molecule has 0 aliphatic rings. The van der Waals surface area contributed by atoms with E-state index < -0.39 is 0 Å². The molecule has 0 heterocycles. The number of rotatable bonds is 6. The summed E-state index contributed by atoms with van der Waals surface area (Å²) in [6.07, 6.45) is 3.30. The number of benzene rings is 3. The molecule has 3 aromatic carbocycles. The Morgan fingerprint density at radius 3 is 1.87 bits per heavy atom. The Bertz CT molecular complexity index is 737. The molecule has 0 fully saturated rings. The van der Waals surface area contributed by atoms with Crippen LogP contribution < -0.4 is 0 Å². The van der Waals surface area contributed by atoms with Gasteiger partial charge in [-0.15, -0.1) is 0 Å². The molecule has 0 bridgehead atoms. The first-order valence-corrected chi connectivity index (χ1v) is 8.20. The first-order chi connectivity index (χ1) is 11.3. The molecule has 0 aliphatic heterocycles. The molecule has 0 saturated carbocycles. The Morgan fingerprint density at radius 2 is 1.22 bits per heavy atom. The molecule has 0 amide bonds. The van der Waals surface area contributed by atoms with Crippen LogP contribution in [0.4, 0.5) is 0 Å². The number of allylic oxidation sites excluding steroid dienone is 1. The molecule has 0 aromatic heterocycles. The minimum absolute atomic E-state index is 1.04. The van der Waals surface area contributed by atoms with E-state index in [4.69, 9.17) is 0 Å². The Balaban J connectivity index is 1.58. The van der Waals surface area contributed by atoms with Crippen LogP contribution in [0.5, 0.6) is 0 Å². The zero-order valence-electron chi connectivity index (χ0n) is 13.4. The molecular weight excluding hydrogens is 276 g/mol. The van der Waals surface area contributed by atoms with Crippen molar-refractivity contribution >= 4 is 5.57 Å². The summed E-state index contributed by atoms with van der Waals surface area (Å²) in [4.78, 5) is 0. The highest BCUT2D eigenvalue weighted by molar-refractivity contribution is 5.69. The smallest absolute Gasteiger partial charge is 0.0184 e. The van der Waals surface area contributed by atoms with Crippen LogP contribution in [0.3, 0.4) is 0 Å². The minimum Gasteiger partial charge on any atom is -0.0952 e. The van der Waals surface area contributed by atoms with Gasteiger partial charge in [-0.05, 0) is 47.1 Å². The summed E-state index contributed by atoms with van der Waals surface area (Å²) in [5.41, 5.74) is 6.39. The largest absolute Gasteiger partial charge is 0.0952 e. The van der Waals surface area contributed by atoms with E-state index in [1.165, 1.54) is 27.8 Å². The van der Waals surface area contributed by atoms with Crippen molar-refractivity contribution in [2.75, 3.05) is 0 Å². The van der Waals surface area contributed by atoms with E-state index >= 15 is 0 Å². The van der Waals surface area contributed by atoms with Gasteiger partial charge in [0.15, 0.2) is 0 Å². The molecule has 0 aliphatic carbocycles. The summed E-state index contributed by atoms with van der Waals surface area (Å²) < 4.78 is 0. The monoisotopic (exact) mass is 298 g/mol. The summed E-state index contributed by atoms with van der Waals surface area (Å²) in [7, 11) is 0. The predicted octanol–water partition coefficient (Wildman–Crippen LogP) is 6.39. The lowest BCUT2D eigenvalue weighted by molar-refractivity contribution is 0.854. The maximum absolute atomic E-state index is 4.26. The second-order valence-electron chi connectivity index (χ2n) is 5.89. The normalized spacial score (nSPS) is 10.4. The molecule has 114 valence electrons. The molecule has 0 nitrogen and oxygen atoms in total. The molecule has 3 rings (SSSR count). The summed E-state index contributed by atoms with van der Waals surface area (Å²) in [6.45, 7) is 4.26. The first-order valence-electron chi connectivity index (χ1n) is 8.20. The van der Waals surface area contributed by atoms with Crippen molar-refractivity contribution in [2.24, 2.45) is 0 Å². The van der Waals surface area contributed by atoms with Crippen LogP contribution in [0.15, 0.2) is 91.5 Å². The first kappa shape index (κ1) is 15.3. The standard InChI is InChI=1S/C23H22/c1-19(9-8-12-20-10-4-2-5-11-20)21-15-17-23(18-16-21)22-13-6-3-7-14-22/h2-7,10-11,13-18H,1,8-9,12H2. The van der Waals surface area contributed by atoms with Gasteiger partial charge >= 0.3 is 0 Å². The molecule has 0 heteroatoms. The third kappa shape index (κ3) is 4.20. The molecular formula is C23H22.